The van der Waals surface area contributed by atoms with Crippen molar-refractivity contribution in [3.63, 3.8) is 0 Å². The predicted molar refractivity (Wildman–Crippen MR) is 215 cm³/mol. The molecule has 0 aliphatic heterocycles. The highest BCUT2D eigenvalue weighted by atomic mass is 32.1. The first kappa shape index (κ1) is 29.4. The lowest BCUT2D eigenvalue weighted by molar-refractivity contribution is 1.18. The molecule has 4 heteroatoms. The predicted octanol–water partition coefficient (Wildman–Crippen LogP) is 12.9. The molecule has 0 radical (unpaired) electrons. The maximum Gasteiger partial charge on any atom is 0.160 e. The molecule has 0 atom stereocenters. The standard InChI is InChI=1S/C47H29N3S/c1-3-13-32(14-4-1)40-29-41(50-47(49-40)34-15-5-2-6-16-34)33-24-22-30(23-25-33)35-17-11-18-36(28-35)45-44-38-20-9-10-21-42(38)51-46(44)43-37-19-8-7-12-31(37)26-27-39(43)48-45/h1-29H. The molecule has 0 unspecified atom stereocenters. The molecule has 0 saturated heterocycles. The van der Waals surface area contributed by atoms with Crippen LogP contribution in [0.3, 0.4) is 0 Å². The zero-order chi connectivity index (χ0) is 33.7. The lowest BCUT2D eigenvalue weighted by atomic mass is 9.96. The lowest BCUT2D eigenvalue weighted by Gasteiger charge is -2.12. The van der Waals surface area contributed by atoms with E-state index in [1.807, 2.05) is 47.7 Å². The summed E-state index contributed by atoms with van der Waals surface area (Å²) in [5, 5.41) is 6.18. The fourth-order valence-corrected chi connectivity index (χ4v) is 8.45. The van der Waals surface area contributed by atoms with Crippen LogP contribution in [0.5, 0.6) is 0 Å². The molecule has 0 saturated carbocycles. The molecule has 0 amide bonds. The Hall–Kier alpha value is -6.49. The Morgan fingerprint density at radius 2 is 0.980 bits per heavy atom. The summed E-state index contributed by atoms with van der Waals surface area (Å²) in [7, 11) is 0. The quantitative estimate of drug-likeness (QED) is 0.171. The molecular formula is C47H29N3S. The number of benzene rings is 7. The number of thiophene rings is 1. The Morgan fingerprint density at radius 3 is 1.76 bits per heavy atom. The number of nitrogens with zero attached hydrogens (tertiary/aromatic N) is 3. The number of fused-ring (bicyclic) bond motifs is 7. The van der Waals surface area contributed by atoms with Crippen LogP contribution in [0.25, 0.3) is 98.1 Å². The third-order valence-electron chi connectivity index (χ3n) is 9.68. The van der Waals surface area contributed by atoms with E-state index in [9.17, 15) is 0 Å². The van der Waals surface area contributed by atoms with Gasteiger partial charge >= 0.3 is 0 Å². The van der Waals surface area contributed by atoms with Crippen molar-refractivity contribution in [2.24, 2.45) is 0 Å². The SMILES string of the molecule is c1ccc(-c2cc(-c3ccc(-c4cccc(-c5nc6ccc7ccccc7c6c6sc7ccccc7c56)c4)cc3)nc(-c3ccccc3)n2)cc1. The van der Waals surface area contributed by atoms with E-state index in [1.165, 1.54) is 36.3 Å². The van der Waals surface area contributed by atoms with Crippen LogP contribution in [0.15, 0.2) is 176 Å². The van der Waals surface area contributed by atoms with Crippen LogP contribution in [-0.2, 0) is 0 Å². The average Bonchev–Trinajstić information content (AvgIpc) is 3.61. The van der Waals surface area contributed by atoms with E-state index in [2.05, 4.69) is 140 Å². The minimum atomic E-state index is 0.715. The lowest BCUT2D eigenvalue weighted by Crippen LogP contribution is -1.95. The molecule has 10 aromatic rings. The van der Waals surface area contributed by atoms with Crippen molar-refractivity contribution in [3.05, 3.63) is 176 Å². The Kier molecular flexibility index (Phi) is 7.00. The molecule has 10 rings (SSSR count). The molecule has 3 aromatic heterocycles. The largest absolute Gasteiger partial charge is 0.247 e. The zero-order valence-electron chi connectivity index (χ0n) is 27.5. The number of hydrogen-bond acceptors (Lipinski definition) is 4. The molecule has 3 nitrogen and oxygen atoms in total. The summed E-state index contributed by atoms with van der Waals surface area (Å²) in [5.41, 5.74) is 10.3. The summed E-state index contributed by atoms with van der Waals surface area (Å²) < 4.78 is 2.57. The summed E-state index contributed by atoms with van der Waals surface area (Å²) in [5.74, 6) is 0.715. The average molecular weight is 668 g/mol. The van der Waals surface area contributed by atoms with Gasteiger partial charge in [-0.2, -0.15) is 0 Å². The van der Waals surface area contributed by atoms with E-state index in [0.29, 0.717) is 5.82 Å². The highest BCUT2D eigenvalue weighted by molar-refractivity contribution is 7.27. The van der Waals surface area contributed by atoms with Gasteiger partial charge < -0.3 is 0 Å². The van der Waals surface area contributed by atoms with Crippen molar-refractivity contribution in [2.75, 3.05) is 0 Å². The molecule has 0 aliphatic carbocycles. The second-order valence-electron chi connectivity index (χ2n) is 12.8. The molecule has 51 heavy (non-hydrogen) atoms. The number of rotatable bonds is 5. The van der Waals surface area contributed by atoms with Crippen molar-refractivity contribution in [1.82, 2.24) is 15.0 Å². The van der Waals surface area contributed by atoms with Gasteiger partial charge in [0.1, 0.15) is 0 Å². The van der Waals surface area contributed by atoms with E-state index in [1.54, 1.807) is 0 Å². The molecule has 7 aromatic carbocycles. The van der Waals surface area contributed by atoms with E-state index in [-0.39, 0.29) is 0 Å². The third-order valence-corrected chi connectivity index (χ3v) is 10.9. The van der Waals surface area contributed by atoms with Crippen LogP contribution in [0.4, 0.5) is 0 Å². The normalized spacial score (nSPS) is 11.5. The highest BCUT2D eigenvalue weighted by Crippen LogP contribution is 2.45. The molecular weight excluding hydrogens is 639 g/mol. The second kappa shape index (κ2) is 12.1. The van der Waals surface area contributed by atoms with Gasteiger partial charge in [-0.3, -0.25) is 0 Å². The summed E-state index contributed by atoms with van der Waals surface area (Å²) in [4.78, 5) is 15.4. The molecule has 3 heterocycles. The first-order chi connectivity index (χ1) is 25.3. The fourth-order valence-electron chi connectivity index (χ4n) is 7.18. The van der Waals surface area contributed by atoms with Gasteiger partial charge in [0.25, 0.3) is 0 Å². The fraction of sp³-hybridized carbons (Fsp3) is 0. The van der Waals surface area contributed by atoms with Crippen molar-refractivity contribution in [1.29, 1.82) is 0 Å². The molecule has 0 spiro atoms. The van der Waals surface area contributed by atoms with Gasteiger partial charge in [0, 0.05) is 47.8 Å². The number of pyridine rings is 1. The number of aromatic nitrogens is 3. The Labute approximate surface area is 299 Å². The Balaban J connectivity index is 1.08. The number of hydrogen-bond donors (Lipinski definition) is 0. The summed E-state index contributed by atoms with van der Waals surface area (Å²) in [6, 6.07) is 61.8. The van der Waals surface area contributed by atoms with Gasteiger partial charge in [-0.05, 0) is 46.2 Å². The van der Waals surface area contributed by atoms with Crippen molar-refractivity contribution in [2.45, 2.75) is 0 Å². The zero-order valence-corrected chi connectivity index (χ0v) is 28.3. The summed E-state index contributed by atoms with van der Waals surface area (Å²) >= 11 is 1.86. The van der Waals surface area contributed by atoms with E-state index in [0.717, 1.165) is 56.0 Å². The smallest absolute Gasteiger partial charge is 0.160 e. The van der Waals surface area contributed by atoms with Crippen LogP contribution in [-0.4, -0.2) is 15.0 Å². The molecule has 0 fully saturated rings. The minimum Gasteiger partial charge on any atom is -0.247 e. The third kappa shape index (κ3) is 5.16. The Bertz CT molecular complexity index is 2840. The molecule has 0 aliphatic rings. The molecule has 238 valence electrons. The van der Waals surface area contributed by atoms with Crippen LogP contribution < -0.4 is 0 Å². The maximum atomic E-state index is 5.39. The van der Waals surface area contributed by atoms with E-state index >= 15 is 0 Å². The molecule has 0 N–H and O–H groups in total. The van der Waals surface area contributed by atoms with Gasteiger partial charge in [0.15, 0.2) is 5.82 Å². The van der Waals surface area contributed by atoms with E-state index in [4.69, 9.17) is 15.0 Å². The summed E-state index contributed by atoms with van der Waals surface area (Å²) in [6.07, 6.45) is 0. The maximum absolute atomic E-state index is 5.39. The first-order valence-corrected chi connectivity index (χ1v) is 17.9. The van der Waals surface area contributed by atoms with Crippen molar-refractivity contribution >= 4 is 53.2 Å². The van der Waals surface area contributed by atoms with Crippen LogP contribution in [0.2, 0.25) is 0 Å². The summed E-state index contributed by atoms with van der Waals surface area (Å²) in [6.45, 7) is 0. The Morgan fingerprint density at radius 1 is 0.373 bits per heavy atom. The van der Waals surface area contributed by atoms with Crippen molar-refractivity contribution in [3.8, 4) is 56.3 Å². The van der Waals surface area contributed by atoms with Gasteiger partial charge in [0.2, 0.25) is 0 Å². The van der Waals surface area contributed by atoms with Gasteiger partial charge in [-0.15, -0.1) is 11.3 Å². The first-order valence-electron chi connectivity index (χ1n) is 17.1. The van der Waals surface area contributed by atoms with E-state index < -0.39 is 0 Å². The monoisotopic (exact) mass is 667 g/mol. The minimum absolute atomic E-state index is 0.715. The van der Waals surface area contributed by atoms with Gasteiger partial charge in [-0.25, -0.2) is 15.0 Å². The topological polar surface area (TPSA) is 38.7 Å². The van der Waals surface area contributed by atoms with Crippen LogP contribution in [0.1, 0.15) is 0 Å². The van der Waals surface area contributed by atoms with Crippen LogP contribution >= 0.6 is 11.3 Å². The van der Waals surface area contributed by atoms with Crippen molar-refractivity contribution < 1.29 is 0 Å². The van der Waals surface area contributed by atoms with Gasteiger partial charge in [-0.1, -0.05) is 152 Å². The van der Waals surface area contributed by atoms with Gasteiger partial charge in [0.05, 0.1) is 22.6 Å². The van der Waals surface area contributed by atoms with Crippen LogP contribution in [0, 0.1) is 0 Å². The second-order valence-corrected chi connectivity index (χ2v) is 13.8. The highest BCUT2D eigenvalue weighted by Gasteiger charge is 2.18. The molecule has 0 bridgehead atoms.